The molecule has 0 spiro atoms. The molecule has 0 aliphatic carbocycles. The van der Waals surface area contributed by atoms with Crippen LogP contribution < -0.4 is 16.0 Å². The molecule has 3 N–H and O–H groups in total. The van der Waals surface area contributed by atoms with Crippen molar-refractivity contribution in [2.75, 3.05) is 13.1 Å². The van der Waals surface area contributed by atoms with E-state index in [0.717, 1.165) is 28.6 Å². The summed E-state index contributed by atoms with van der Waals surface area (Å²) in [4.78, 5) is 24.9. The fraction of sp³-hybridized carbons (Fsp3) is 0.250. The van der Waals surface area contributed by atoms with Crippen LogP contribution >= 0.6 is 23.2 Å². The summed E-state index contributed by atoms with van der Waals surface area (Å²) in [5.41, 5.74) is -3.82. The molecule has 0 bridgehead atoms. The van der Waals surface area contributed by atoms with E-state index in [0.29, 0.717) is 4.68 Å². The van der Waals surface area contributed by atoms with Gasteiger partial charge < -0.3 is 14.9 Å². The maximum Gasteiger partial charge on any atom is 0.349 e. The zero-order valence-electron chi connectivity index (χ0n) is 17.9. The summed E-state index contributed by atoms with van der Waals surface area (Å²) in [7, 11) is -4.16. The number of aromatic nitrogens is 3. The fourth-order valence-corrected chi connectivity index (χ4v) is 5.59. The van der Waals surface area contributed by atoms with E-state index < -0.39 is 50.1 Å². The fourth-order valence-electron chi connectivity index (χ4n) is 3.45. The number of hydrogen-bond acceptors (Lipinski definition) is 8. The third-order valence-corrected chi connectivity index (χ3v) is 7.64. The Labute approximate surface area is 211 Å². The number of ether oxygens (including phenoxy) is 1. The highest BCUT2D eigenvalue weighted by Crippen LogP contribution is 2.40. The van der Waals surface area contributed by atoms with Crippen molar-refractivity contribution in [3.63, 3.8) is 0 Å². The Balaban J connectivity index is 1.69. The maximum absolute atomic E-state index is 13.0. The first-order chi connectivity index (χ1) is 16.9. The van der Waals surface area contributed by atoms with Crippen LogP contribution in [0.5, 0.6) is 17.2 Å². The molecular formula is C20H16Cl2F2N4O7S. The number of benzene rings is 2. The molecule has 16 heteroatoms. The molecule has 192 valence electrons. The number of nitrogens with one attached hydrogen (secondary N) is 1. The summed E-state index contributed by atoms with van der Waals surface area (Å²) in [5, 5.41) is 22.8. The zero-order valence-corrected chi connectivity index (χ0v) is 20.2. The number of aromatic hydroxyl groups is 1. The first-order valence-electron chi connectivity index (χ1n) is 10.1. The molecule has 36 heavy (non-hydrogen) atoms. The van der Waals surface area contributed by atoms with Crippen molar-refractivity contribution in [2.24, 2.45) is 0 Å². The van der Waals surface area contributed by atoms with E-state index in [1.807, 2.05) is 0 Å². The SMILES string of the molecule is O=c1[nH]c(=O)n(-c2cc(Cl)c(Oc3ccc(O)c(S(=O)(=O)N4CC[C@H](O)C4)c3)c(Cl)c2)nc1C(F)F. The van der Waals surface area contributed by atoms with Gasteiger partial charge in [0.25, 0.3) is 12.0 Å². The van der Waals surface area contributed by atoms with Gasteiger partial charge in [-0.05, 0) is 30.7 Å². The molecule has 1 aromatic heterocycles. The number of aromatic amines is 1. The molecule has 1 aliphatic rings. The Morgan fingerprint density at radius 1 is 1.17 bits per heavy atom. The largest absolute Gasteiger partial charge is 0.507 e. The number of aliphatic hydroxyl groups excluding tert-OH is 1. The van der Waals surface area contributed by atoms with Crippen LogP contribution in [0.15, 0.2) is 44.8 Å². The minimum absolute atomic E-state index is 0.0680. The van der Waals surface area contributed by atoms with Crippen LogP contribution in [0.1, 0.15) is 18.5 Å². The van der Waals surface area contributed by atoms with Crippen molar-refractivity contribution in [3.8, 4) is 22.9 Å². The zero-order chi connectivity index (χ0) is 26.4. The first kappa shape index (κ1) is 26.0. The molecule has 4 rings (SSSR count). The van der Waals surface area contributed by atoms with Gasteiger partial charge >= 0.3 is 5.69 Å². The standard InChI is InChI=1S/C20H16Cl2F2N4O7S/c21-12-5-9(28-20(32)25-19(31)16(26-28)18(23)24)6-13(22)17(12)35-11-1-2-14(30)15(7-11)36(33,34)27-4-3-10(29)8-27/h1-2,5-7,10,18,29-30H,3-4,8H2,(H,25,31,32)/t10-/m0/s1. The second kappa shape index (κ2) is 9.78. The van der Waals surface area contributed by atoms with Gasteiger partial charge in [-0.1, -0.05) is 23.2 Å². The molecular weight excluding hydrogens is 549 g/mol. The third-order valence-electron chi connectivity index (χ3n) is 5.18. The van der Waals surface area contributed by atoms with Crippen molar-refractivity contribution >= 4 is 33.2 Å². The van der Waals surface area contributed by atoms with E-state index in [1.54, 1.807) is 4.98 Å². The number of phenolic OH excluding ortho intramolecular Hbond substituents is 1. The first-order valence-corrected chi connectivity index (χ1v) is 12.3. The Kier molecular flexibility index (Phi) is 7.07. The van der Waals surface area contributed by atoms with Gasteiger partial charge in [0.1, 0.15) is 16.4 Å². The number of phenols is 1. The normalized spacial score (nSPS) is 16.6. The minimum atomic E-state index is -4.16. The molecule has 1 saturated heterocycles. The Morgan fingerprint density at radius 2 is 1.83 bits per heavy atom. The summed E-state index contributed by atoms with van der Waals surface area (Å²) in [6.45, 7) is -0.0595. The topological polar surface area (TPSA) is 155 Å². The van der Waals surface area contributed by atoms with Crippen LogP contribution in [0.4, 0.5) is 8.78 Å². The molecule has 2 heterocycles. The average molecular weight is 565 g/mol. The van der Waals surface area contributed by atoms with Crippen molar-refractivity contribution in [1.82, 2.24) is 19.1 Å². The van der Waals surface area contributed by atoms with E-state index in [9.17, 15) is 37.0 Å². The molecule has 3 aromatic rings. The molecule has 1 aliphatic heterocycles. The van der Waals surface area contributed by atoms with Gasteiger partial charge in [-0.3, -0.25) is 9.78 Å². The van der Waals surface area contributed by atoms with Crippen LogP contribution in [0.25, 0.3) is 5.69 Å². The lowest BCUT2D eigenvalue weighted by atomic mass is 10.3. The summed E-state index contributed by atoms with van der Waals surface area (Å²) < 4.78 is 59.0. The summed E-state index contributed by atoms with van der Waals surface area (Å²) >= 11 is 12.4. The van der Waals surface area contributed by atoms with Crippen molar-refractivity contribution < 1.29 is 32.1 Å². The lowest BCUT2D eigenvalue weighted by Crippen LogP contribution is -2.34. The number of sulfonamides is 1. The van der Waals surface area contributed by atoms with E-state index in [1.165, 1.54) is 6.07 Å². The molecule has 0 saturated carbocycles. The Morgan fingerprint density at radius 3 is 2.42 bits per heavy atom. The van der Waals surface area contributed by atoms with Crippen molar-refractivity contribution in [2.45, 2.75) is 23.8 Å². The number of hydrogen-bond donors (Lipinski definition) is 3. The van der Waals surface area contributed by atoms with Gasteiger partial charge in [-0.15, -0.1) is 0 Å². The summed E-state index contributed by atoms with van der Waals surface area (Å²) in [6.07, 6.45) is -3.82. The highest BCUT2D eigenvalue weighted by molar-refractivity contribution is 7.89. The van der Waals surface area contributed by atoms with Gasteiger partial charge in [0.15, 0.2) is 11.4 Å². The van der Waals surface area contributed by atoms with Crippen LogP contribution in [-0.4, -0.2) is 56.9 Å². The predicted octanol–water partition coefficient (Wildman–Crippen LogP) is 2.42. The number of halogens is 4. The van der Waals surface area contributed by atoms with Crippen LogP contribution in [0.3, 0.4) is 0 Å². The highest BCUT2D eigenvalue weighted by atomic mass is 35.5. The lowest BCUT2D eigenvalue weighted by molar-refractivity contribution is 0.141. The van der Waals surface area contributed by atoms with Crippen LogP contribution in [0.2, 0.25) is 10.0 Å². The number of aliphatic hydroxyl groups is 1. The van der Waals surface area contributed by atoms with Crippen LogP contribution in [0, 0.1) is 0 Å². The van der Waals surface area contributed by atoms with Gasteiger partial charge in [-0.2, -0.15) is 14.1 Å². The van der Waals surface area contributed by atoms with E-state index in [2.05, 4.69) is 5.10 Å². The molecule has 1 fully saturated rings. The smallest absolute Gasteiger partial charge is 0.349 e. The van der Waals surface area contributed by atoms with E-state index >= 15 is 0 Å². The number of alkyl halides is 2. The Hall–Kier alpha value is -3.04. The predicted molar refractivity (Wildman–Crippen MR) is 123 cm³/mol. The molecule has 0 radical (unpaired) electrons. The molecule has 1 atom stereocenters. The molecule has 0 unspecified atom stereocenters. The summed E-state index contributed by atoms with van der Waals surface area (Å²) in [5.74, 6) is -0.809. The number of β-amino-alcohol motifs (C(OH)–C–C–N with tert-alkyl or cyclic N) is 1. The number of H-pyrrole nitrogens is 1. The second-order valence-electron chi connectivity index (χ2n) is 7.63. The molecule has 0 amide bonds. The number of rotatable bonds is 6. The molecule has 11 nitrogen and oxygen atoms in total. The third kappa shape index (κ3) is 4.95. The highest BCUT2D eigenvalue weighted by Gasteiger charge is 2.33. The minimum Gasteiger partial charge on any atom is -0.507 e. The van der Waals surface area contributed by atoms with E-state index in [4.69, 9.17) is 27.9 Å². The second-order valence-corrected chi connectivity index (χ2v) is 10.4. The lowest BCUT2D eigenvalue weighted by Gasteiger charge is -2.18. The summed E-state index contributed by atoms with van der Waals surface area (Å²) in [6, 6.07) is 5.58. The van der Waals surface area contributed by atoms with Crippen molar-refractivity contribution in [1.29, 1.82) is 0 Å². The molecule has 2 aromatic carbocycles. The van der Waals surface area contributed by atoms with Gasteiger partial charge in [0.2, 0.25) is 10.0 Å². The number of nitrogens with zero attached hydrogens (tertiary/aromatic N) is 3. The average Bonchev–Trinajstić information content (AvgIpc) is 3.24. The van der Waals surface area contributed by atoms with Gasteiger partial charge in [0.05, 0.1) is 21.8 Å². The Bertz CT molecular complexity index is 1540. The maximum atomic E-state index is 13.0. The van der Waals surface area contributed by atoms with E-state index in [-0.39, 0.29) is 46.7 Å². The monoisotopic (exact) mass is 564 g/mol. The van der Waals surface area contributed by atoms with Crippen molar-refractivity contribution in [3.05, 3.63) is 66.9 Å². The van der Waals surface area contributed by atoms with Gasteiger partial charge in [0, 0.05) is 19.2 Å². The van der Waals surface area contributed by atoms with Gasteiger partial charge in [-0.25, -0.2) is 22.0 Å². The van der Waals surface area contributed by atoms with Crippen LogP contribution in [-0.2, 0) is 10.0 Å². The quantitative estimate of drug-likeness (QED) is 0.412.